The van der Waals surface area contributed by atoms with E-state index in [-0.39, 0.29) is 17.7 Å². The molecule has 0 spiro atoms. The Hall–Kier alpha value is -3.34. The highest BCUT2D eigenvalue weighted by molar-refractivity contribution is 5.71. The first-order valence-electron chi connectivity index (χ1n) is 12.8. The van der Waals surface area contributed by atoms with Gasteiger partial charge in [0.15, 0.2) is 0 Å². The molecule has 0 heterocycles. The average molecular weight is 491 g/mol. The van der Waals surface area contributed by atoms with Crippen LogP contribution in [0.3, 0.4) is 0 Å². The van der Waals surface area contributed by atoms with Gasteiger partial charge in [0.25, 0.3) is 0 Å². The highest BCUT2D eigenvalue weighted by Gasteiger charge is 2.37. The first kappa shape index (κ1) is 25.7. The minimum absolute atomic E-state index is 0.0898. The number of hydrogen-bond donors (Lipinski definition) is 1. The van der Waals surface area contributed by atoms with Gasteiger partial charge in [-0.1, -0.05) is 50.6 Å². The highest BCUT2D eigenvalue weighted by atomic mass is 19.1. The van der Waals surface area contributed by atoms with Crippen LogP contribution in [0.25, 0.3) is 11.1 Å². The summed E-state index contributed by atoms with van der Waals surface area (Å²) in [4.78, 5) is 10.9. The van der Waals surface area contributed by atoms with Crippen LogP contribution < -0.4 is 9.47 Å². The quantitative estimate of drug-likeness (QED) is 0.315. The Bertz CT molecular complexity index is 1220. The molecule has 0 unspecified atom stereocenters. The first-order chi connectivity index (χ1) is 17.3. The van der Waals surface area contributed by atoms with Gasteiger partial charge < -0.3 is 14.6 Å². The minimum Gasteiger partial charge on any atom is -0.494 e. The van der Waals surface area contributed by atoms with Gasteiger partial charge in [0.1, 0.15) is 23.9 Å². The van der Waals surface area contributed by atoms with E-state index in [1.807, 2.05) is 43.3 Å². The third-order valence-electron chi connectivity index (χ3n) is 7.22. The molecule has 1 atom stereocenters. The second-order valence-corrected chi connectivity index (χ2v) is 10.3. The van der Waals surface area contributed by atoms with E-state index in [0.29, 0.717) is 42.6 Å². The zero-order valence-electron chi connectivity index (χ0n) is 21.4. The molecule has 0 aliphatic heterocycles. The maximum absolute atomic E-state index is 15.1. The SMILES string of the molecule is CCOc1ccc(F)c(-c2ccc(COc3cccc(CCC(=O)O)c3)cc2[C@@H]2CCCC2(C)C)c1. The van der Waals surface area contributed by atoms with Crippen LogP contribution in [-0.2, 0) is 17.8 Å². The van der Waals surface area contributed by atoms with Crippen LogP contribution in [0.1, 0.15) is 69.1 Å². The largest absolute Gasteiger partial charge is 0.494 e. The molecule has 1 aliphatic rings. The fraction of sp³-hybridized carbons (Fsp3) is 0.387. The van der Waals surface area contributed by atoms with E-state index < -0.39 is 5.97 Å². The molecule has 1 fully saturated rings. The minimum atomic E-state index is -0.813. The molecule has 0 amide bonds. The lowest BCUT2D eigenvalue weighted by molar-refractivity contribution is -0.136. The highest BCUT2D eigenvalue weighted by Crippen LogP contribution is 2.51. The van der Waals surface area contributed by atoms with Crippen molar-refractivity contribution >= 4 is 5.97 Å². The van der Waals surface area contributed by atoms with E-state index in [1.165, 1.54) is 6.07 Å². The number of hydrogen-bond acceptors (Lipinski definition) is 3. The van der Waals surface area contributed by atoms with Gasteiger partial charge in [-0.15, -0.1) is 0 Å². The summed E-state index contributed by atoms with van der Waals surface area (Å²) in [6.07, 6.45) is 3.93. The third kappa shape index (κ3) is 6.07. The molecule has 1 N–H and O–H groups in total. The van der Waals surface area contributed by atoms with Crippen molar-refractivity contribution in [3.8, 4) is 22.6 Å². The van der Waals surface area contributed by atoms with Crippen molar-refractivity contribution in [2.45, 2.75) is 65.4 Å². The molecular weight excluding hydrogens is 455 g/mol. The van der Waals surface area contributed by atoms with Crippen LogP contribution >= 0.6 is 0 Å². The normalized spacial score (nSPS) is 16.6. The lowest BCUT2D eigenvalue weighted by atomic mass is 9.75. The lowest BCUT2D eigenvalue weighted by Gasteiger charge is -2.30. The molecule has 4 nitrogen and oxygen atoms in total. The Morgan fingerprint density at radius 2 is 1.81 bits per heavy atom. The van der Waals surface area contributed by atoms with Crippen LogP contribution in [0, 0.1) is 11.2 Å². The van der Waals surface area contributed by atoms with E-state index in [2.05, 4.69) is 19.9 Å². The fourth-order valence-electron chi connectivity index (χ4n) is 5.31. The number of ether oxygens (including phenoxy) is 2. The predicted molar refractivity (Wildman–Crippen MR) is 140 cm³/mol. The summed E-state index contributed by atoms with van der Waals surface area (Å²) < 4.78 is 26.8. The van der Waals surface area contributed by atoms with Crippen molar-refractivity contribution in [1.82, 2.24) is 0 Å². The van der Waals surface area contributed by atoms with E-state index in [0.717, 1.165) is 41.5 Å². The van der Waals surface area contributed by atoms with Crippen LogP contribution in [-0.4, -0.2) is 17.7 Å². The number of halogens is 1. The van der Waals surface area contributed by atoms with Gasteiger partial charge in [-0.25, -0.2) is 4.39 Å². The Morgan fingerprint density at radius 3 is 2.53 bits per heavy atom. The molecule has 3 aromatic rings. The van der Waals surface area contributed by atoms with Crippen molar-refractivity contribution in [1.29, 1.82) is 0 Å². The molecular formula is C31H35FO4. The molecule has 5 heteroatoms. The van der Waals surface area contributed by atoms with Gasteiger partial charge in [0, 0.05) is 12.0 Å². The van der Waals surface area contributed by atoms with Gasteiger partial charge >= 0.3 is 5.97 Å². The van der Waals surface area contributed by atoms with Crippen LogP contribution in [0.15, 0.2) is 60.7 Å². The standard InChI is InChI=1S/C31H35FO4/c1-4-35-24-12-14-29(32)27(19-24)25-13-10-22(18-26(25)28-9-6-16-31(28,2)3)20-36-23-8-5-7-21(17-23)11-15-30(33)34/h5,7-8,10,12-14,17-19,28H,4,6,9,11,15-16,20H2,1-3H3,(H,33,34)/t28-/m0/s1. The molecule has 190 valence electrons. The lowest BCUT2D eigenvalue weighted by Crippen LogP contribution is -2.17. The number of aliphatic carboxylic acids is 1. The number of aryl methyl sites for hydroxylation is 1. The van der Waals surface area contributed by atoms with Crippen LogP contribution in [0.5, 0.6) is 11.5 Å². The van der Waals surface area contributed by atoms with E-state index in [1.54, 1.807) is 12.1 Å². The summed E-state index contributed by atoms with van der Waals surface area (Å²) in [5, 5.41) is 8.95. The molecule has 3 aromatic carbocycles. The average Bonchev–Trinajstić information content (AvgIpc) is 3.21. The number of carboxylic acid groups (broad SMARTS) is 1. The second-order valence-electron chi connectivity index (χ2n) is 10.3. The Balaban J connectivity index is 1.64. The van der Waals surface area contributed by atoms with Crippen LogP contribution in [0.2, 0.25) is 0 Å². The van der Waals surface area contributed by atoms with Crippen molar-refractivity contribution in [3.05, 3.63) is 83.2 Å². The Labute approximate surface area is 213 Å². The van der Waals surface area contributed by atoms with Gasteiger partial charge in [-0.3, -0.25) is 4.79 Å². The summed E-state index contributed by atoms with van der Waals surface area (Å²) in [6, 6.07) is 18.7. The molecule has 1 saturated carbocycles. The third-order valence-corrected chi connectivity index (χ3v) is 7.22. The molecule has 0 saturated heterocycles. The summed E-state index contributed by atoms with van der Waals surface area (Å²) in [7, 11) is 0. The number of rotatable bonds is 10. The summed E-state index contributed by atoms with van der Waals surface area (Å²) in [5.74, 6) is 0.632. The van der Waals surface area contributed by atoms with Crippen molar-refractivity contribution in [3.63, 3.8) is 0 Å². The zero-order valence-corrected chi connectivity index (χ0v) is 21.4. The number of carboxylic acids is 1. The molecule has 0 bridgehead atoms. The smallest absolute Gasteiger partial charge is 0.303 e. The van der Waals surface area contributed by atoms with Crippen LogP contribution in [0.4, 0.5) is 4.39 Å². The van der Waals surface area contributed by atoms with Crippen molar-refractivity contribution in [2.75, 3.05) is 6.61 Å². The predicted octanol–water partition coefficient (Wildman–Crippen LogP) is 7.78. The topological polar surface area (TPSA) is 55.8 Å². The summed E-state index contributed by atoms with van der Waals surface area (Å²) in [6.45, 7) is 7.43. The van der Waals surface area contributed by atoms with Gasteiger partial charge in [0.05, 0.1) is 6.61 Å². The van der Waals surface area contributed by atoms with Crippen molar-refractivity contribution in [2.24, 2.45) is 5.41 Å². The maximum atomic E-state index is 15.1. The number of benzene rings is 3. The molecule has 36 heavy (non-hydrogen) atoms. The van der Waals surface area contributed by atoms with E-state index in [9.17, 15) is 4.79 Å². The van der Waals surface area contributed by atoms with Gasteiger partial charge in [-0.2, -0.15) is 0 Å². The second kappa shape index (κ2) is 11.2. The van der Waals surface area contributed by atoms with E-state index in [4.69, 9.17) is 14.6 Å². The van der Waals surface area contributed by atoms with Gasteiger partial charge in [-0.05, 0) is 90.1 Å². The van der Waals surface area contributed by atoms with E-state index >= 15 is 4.39 Å². The first-order valence-corrected chi connectivity index (χ1v) is 12.8. The maximum Gasteiger partial charge on any atom is 0.303 e. The summed E-state index contributed by atoms with van der Waals surface area (Å²) in [5.41, 5.74) is 4.71. The Morgan fingerprint density at radius 1 is 1.00 bits per heavy atom. The molecule has 4 rings (SSSR count). The Kier molecular flexibility index (Phi) is 7.97. The molecule has 0 aromatic heterocycles. The zero-order chi connectivity index (χ0) is 25.7. The monoisotopic (exact) mass is 490 g/mol. The molecule has 1 aliphatic carbocycles. The van der Waals surface area contributed by atoms with Gasteiger partial charge in [0.2, 0.25) is 0 Å². The fourth-order valence-corrected chi connectivity index (χ4v) is 5.31. The molecule has 0 radical (unpaired) electrons. The van der Waals surface area contributed by atoms with Crippen molar-refractivity contribution < 1.29 is 23.8 Å². The summed E-state index contributed by atoms with van der Waals surface area (Å²) >= 11 is 0. The number of carbonyl (C=O) groups is 1.